The highest BCUT2D eigenvalue weighted by atomic mass is 32.2. The van der Waals surface area contributed by atoms with Crippen molar-refractivity contribution in [3.05, 3.63) is 71.4 Å². The minimum atomic E-state index is -3.82. The molecule has 29 heavy (non-hydrogen) atoms. The van der Waals surface area contributed by atoms with Gasteiger partial charge >= 0.3 is 0 Å². The number of nitrogens with two attached hydrogens (primary N) is 1. The Morgan fingerprint density at radius 3 is 2.48 bits per heavy atom. The van der Waals surface area contributed by atoms with Gasteiger partial charge in [-0.3, -0.25) is 4.79 Å². The van der Waals surface area contributed by atoms with Gasteiger partial charge in [0.1, 0.15) is 16.9 Å². The van der Waals surface area contributed by atoms with Gasteiger partial charge in [0.15, 0.2) is 0 Å². The van der Waals surface area contributed by atoms with Crippen LogP contribution in [0.3, 0.4) is 0 Å². The number of rotatable bonds is 7. The Morgan fingerprint density at radius 1 is 1.28 bits per heavy atom. The number of amides is 1. The molecule has 1 aromatic rings. The number of carbonyl (C=O) groups excluding carboxylic acids is 1. The van der Waals surface area contributed by atoms with Crippen molar-refractivity contribution in [1.82, 2.24) is 4.31 Å². The quantitative estimate of drug-likeness (QED) is 0.682. The van der Waals surface area contributed by atoms with Crippen LogP contribution in [0.2, 0.25) is 0 Å². The second kappa shape index (κ2) is 9.45. The summed E-state index contributed by atoms with van der Waals surface area (Å²) in [7, 11) is -3.82. The molecule has 2 atom stereocenters. The topological polar surface area (TPSA) is 80.5 Å². The van der Waals surface area contributed by atoms with Crippen molar-refractivity contribution in [2.75, 3.05) is 0 Å². The lowest BCUT2D eigenvalue weighted by Crippen LogP contribution is -2.48. The third-order valence-electron chi connectivity index (χ3n) is 5.02. The third-order valence-corrected chi connectivity index (χ3v) is 7.39. The maximum Gasteiger partial charge on any atom is 0.221 e. The number of hydrogen-bond donors (Lipinski definition) is 1. The number of sulfonamides is 1. The van der Waals surface area contributed by atoms with E-state index < -0.39 is 39.2 Å². The molecule has 0 bridgehead atoms. The molecule has 1 aromatic carbocycles. The lowest BCUT2D eigenvalue weighted by molar-refractivity contribution is -0.117. The van der Waals surface area contributed by atoms with Crippen LogP contribution in [0.5, 0.6) is 0 Å². The van der Waals surface area contributed by atoms with Crippen molar-refractivity contribution in [2.24, 2.45) is 5.73 Å². The van der Waals surface area contributed by atoms with Gasteiger partial charge in [-0.15, -0.1) is 0 Å². The van der Waals surface area contributed by atoms with Gasteiger partial charge < -0.3 is 5.73 Å². The predicted molar refractivity (Wildman–Crippen MR) is 109 cm³/mol. The van der Waals surface area contributed by atoms with E-state index in [1.807, 2.05) is 6.92 Å². The van der Waals surface area contributed by atoms with Gasteiger partial charge in [-0.2, -0.15) is 4.31 Å². The lowest BCUT2D eigenvalue weighted by atomic mass is 10.0. The van der Waals surface area contributed by atoms with Crippen LogP contribution in [0.4, 0.5) is 8.78 Å². The third kappa shape index (κ3) is 5.19. The first-order chi connectivity index (χ1) is 13.6. The van der Waals surface area contributed by atoms with Gasteiger partial charge in [-0.1, -0.05) is 30.9 Å². The maximum atomic E-state index is 14.5. The van der Waals surface area contributed by atoms with Crippen LogP contribution in [0.25, 0.3) is 0 Å². The van der Waals surface area contributed by atoms with Crippen LogP contribution in [0.1, 0.15) is 37.8 Å². The molecule has 1 fully saturated rings. The average Bonchev–Trinajstić information content (AvgIpc) is 2.63. The Bertz CT molecular complexity index is 955. The van der Waals surface area contributed by atoms with Gasteiger partial charge in [-0.25, -0.2) is 17.2 Å². The van der Waals surface area contributed by atoms with E-state index >= 15 is 0 Å². The lowest BCUT2D eigenvalue weighted by Gasteiger charge is -2.38. The van der Waals surface area contributed by atoms with E-state index in [1.165, 1.54) is 10.4 Å². The van der Waals surface area contributed by atoms with Crippen LogP contribution in [0, 0.1) is 11.6 Å². The summed E-state index contributed by atoms with van der Waals surface area (Å²) in [6.07, 6.45) is 7.30. The van der Waals surface area contributed by atoms with Crippen molar-refractivity contribution in [3.63, 3.8) is 0 Å². The zero-order valence-corrected chi connectivity index (χ0v) is 17.4. The molecule has 8 heteroatoms. The molecule has 5 nitrogen and oxygen atoms in total. The Balaban J connectivity index is 2.39. The largest absolute Gasteiger partial charge is 0.369 e. The first kappa shape index (κ1) is 23.0. The Morgan fingerprint density at radius 2 is 1.90 bits per heavy atom. The van der Waals surface area contributed by atoms with E-state index in [0.717, 1.165) is 12.1 Å². The average molecular weight is 425 g/mol. The number of benzene rings is 1. The van der Waals surface area contributed by atoms with Crippen LogP contribution >= 0.6 is 0 Å². The molecular weight excluding hydrogens is 398 g/mol. The highest BCUT2D eigenvalue weighted by Crippen LogP contribution is 2.33. The second-order valence-electron chi connectivity index (χ2n) is 7.08. The van der Waals surface area contributed by atoms with Gasteiger partial charge in [0.25, 0.3) is 0 Å². The SMILES string of the molecule is C=C/C(=C\C=C/C)[C@H]1CC[C@H](C)N(Cc2cc(F)c(CC(N)=O)cc2F)S1(=O)=O. The number of hydrogen-bond acceptors (Lipinski definition) is 3. The van der Waals surface area contributed by atoms with Gasteiger partial charge in [0, 0.05) is 23.7 Å². The van der Waals surface area contributed by atoms with Crippen LogP contribution in [-0.4, -0.2) is 29.9 Å². The summed E-state index contributed by atoms with van der Waals surface area (Å²) in [4.78, 5) is 11.0. The molecule has 1 aliphatic rings. The van der Waals surface area contributed by atoms with E-state index in [0.29, 0.717) is 18.4 Å². The molecule has 0 saturated carbocycles. The molecule has 0 aliphatic carbocycles. The molecular formula is C21H26F2N2O3S. The van der Waals surface area contributed by atoms with Crippen molar-refractivity contribution in [1.29, 1.82) is 0 Å². The fraction of sp³-hybridized carbons (Fsp3) is 0.381. The monoisotopic (exact) mass is 424 g/mol. The fourth-order valence-electron chi connectivity index (χ4n) is 3.44. The number of primary amides is 1. The van der Waals surface area contributed by atoms with Gasteiger partial charge in [0.05, 0.1) is 6.42 Å². The minimum Gasteiger partial charge on any atom is -0.369 e. The van der Waals surface area contributed by atoms with E-state index in [4.69, 9.17) is 5.73 Å². The number of halogens is 2. The van der Waals surface area contributed by atoms with E-state index in [2.05, 4.69) is 6.58 Å². The molecule has 1 saturated heterocycles. The highest BCUT2D eigenvalue weighted by molar-refractivity contribution is 7.90. The van der Waals surface area contributed by atoms with Crippen LogP contribution in [-0.2, 0) is 27.8 Å². The van der Waals surface area contributed by atoms with Crippen LogP contribution < -0.4 is 5.73 Å². The summed E-state index contributed by atoms with van der Waals surface area (Å²) in [5.74, 6) is -2.35. The molecule has 0 spiro atoms. The standard InChI is InChI=1S/C21H26F2N2O3S/c1-4-6-7-15(5-2)20-9-8-14(3)25(29(20,27)28)13-17-11-18(22)16(10-19(17)23)12-21(24)26/h4-7,10-11,14,20H,2,8-9,12-13H2,1,3H3,(H2,24,26)/b6-4-,15-7+/t14-,20+/m0/s1. The molecule has 0 radical (unpaired) electrons. The molecule has 1 aliphatic heterocycles. The minimum absolute atomic E-state index is 0.0932. The summed E-state index contributed by atoms with van der Waals surface area (Å²) in [6, 6.07) is 1.47. The zero-order chi connectivity index (χ0) is 21.8. The number of allylic oxidation sites excluding steroid dienone is 4. The summed E-state index contributed by atoms with van der Waals surface area (Å²) in [5.41, 5.74) is 5.35. The Hall–Kier alpha value is -2.32. The smallest absolute Gasteiger partial charge is 0.221 e. The summed E-state index contributed by atoms with van der Waals surface area (Å²) < 4.78 is 56.5. The van der Waals surface area contributed by atoms with Crippen molar-refractivity contribution >= 4 is 15.9 Å². The summed E-state index contributed by atoms with van der Waals surface area (Å²) >= 11 is 0. The Kier molecular flexibility index (Phi) is 7.48. The normalized spacial score (nSPS) is 22.7. The Labute approximate surface area is 170 Å². The molecule has 0 aromatic heterocycles. The van der Waals surface area contributed by atoms with Gasteiger partial charge in [-0.05, 0) is 44.4 Å². The van der Waals surface area contributed by atoms with Crippen molar-refractivity contribution in [3.8, 4) is 0 Å². The maximum absolute atomic E-state index is 14.5. The van der Waals surface area contributed by atoms with E-state index in [1.54, 1.807) is 25.2 Å². The predicted octanol–water partition coefficient (Wildman–Crippen LogP) is 3.36. The van der Waals surface area contributed by atoms with Crippen molar-refractivity contribution in [2.45, 2.75) is 50.9 Å². The molecule has 2 N–H and O–H groups in total. The van der Waals surface area contributed by atoms with E-state index in [9.17, 15) is 22.0 Å². The summed E-state index contributed by atoms with van der Waals surface area (Å²) in [6.45, 7) is 6.97. The molecule has 158 valence electrons. The molecule has 1 heterocycles. The molecule has 1 amide bonds. The highest BCUT2D eigenvalue weighted by Gasteiger charge is 2.41. The van der Waals surface area contributed by atoms with Crippen molar-refractivity contribution < 1.29 is 22.0 Å². The first-order valence-electron chi connectivity index (χ1n) is 9.32. The fourth-order valence-corrected chi connectivity index (χ4v) is 5.65. The summed E-state index contributed by atoms with van der Waals surface area (Å²) in [5, 5.41) is -0.797. The number of carbonyl (C=O) groups is 1. The van der Waals surface area contributed by atoms with Crippen LogP contribution in [0.15, 0.2) is 48.6 Å². The molecule has 2 rings (SSSR count). The molecule has 0 unspecified atom stereocenters. The first-order valence-corrected chi connectivity index (χ1v) is 10.8. The zero-order valence-electron chi connectivity index (χ0n) is 16.6. The number of nitrogens with zero attached hydrogens (tertiary/aromatic N) is 1. The van der Waals surface area contributed by atoms with E-state index in [-0.39, 0.29) is 23.7 Å². The van der Waals surface area contributed by atoms with Gasteiger partial charge in [0.2, 0.25) is 15.9 Å². The second-order valence-corrected chi connectivity index (χ2v) is 9.15.